The van der Waals surface area contributed by atoms with E-state index in [0.717, 1.165) is 12.1 Å². The maximum atomic E-state index is 13.6. The molecule has 2 rings (SSSR count). The van der Waals surface area contributed by atoms with Gasteiger partial charge in [-0.2, -0.15) is 5.26 Å². The topological polar surface area (TPSA) is 35.8 Å². The smallest absolute Gasteiger partial charge is 0.143 e. The quantitative estimate of drug-likeness (QED) is 0.909. The molecule has 1 unspecified atom stereocenters. The van der Waals surface area contributed by atoms with Gasteiger partial charge in [0.25, 0.3) is 0 Å². The van der Waals surface area contributed by atoms with E-state index in [0.29, 0.717) is 10.7 Å². The first kappa shape index (κ1) is 13.3. The standard InChI is InChI=1S/C14H9ClF2N2/c15-9-1-4-11(5-2-9)19-14(8-18)12-6-3-10(16)7-13(12)17/h1-7,14,19H. The van der Waals surface area contributed by atoms with Crippen LogP contribution >= 0.6 is 11.6 Å². The lowest BCUT2D eigenvalue weighted by Gasteiger charge is -2.14. The van der Waals surface area contributed by atoms with Crippen molar-refractivity contribution in [1.29, 1.82) is 5.26 Å². The highest BCUT2D eigenvalue weighted by molar-refractivity contribution is 6.30. The highest BCUT2D eigenvalue weighted by Gasteiger charge is 2.15. The maximum Gasteiger partial charge on any atom is 0.143 e. The van der Waals surface area contributed by atoms with Crippen molar-refractivity contribution in [2.75, 3.05) is 5.32 Å². The first-order chi connectivity index (χ1) is 9.10. The molecule has 0 aliphatic carbocycles. The SMILES string of the molecule is N#CC(Nc1ccc(Cl)cc1)c1ccc(F)cc1F. The molecule has 2 nitrogen and oxygen atoms in total. The van der Waals surface area contributed by atoms with Crippen molar-refractivity contribution >= 4 is 17.3 Å². The van der Waals surface area contributed by atoms with Gasteiger partial charge in [-0.15, -0.1) is 0 Å². The van der Waals surface area contributed by atoms with Crippen LogP contribution in [0, 0.1) is 23.0 Å². The number of nitrogens with one attached hydrogen (secondary N) is 1. The summed E-state index contributed by atoms with van der Waals surface area (Å²) >= 11 is 5.75. The number of rotatable bonds is 3. The van der Waals surface area contributed by atoms with Crippen molar-refractivity contribution in [3.05, 3.63) is 64.7 Å². The van der Waals surface area contributed by atoms with E-state index >= 15 is 0 Å². The predicted molar refractivity (Wildman–Crippen MR) is 69.8 cm³/mol. The van der Waals surface area contributed by atoms with Crippen molar-refractivity contribution in [2.24, 2.45) is 0 Å². The summed E-state index contributed by atoms with van der Waals surface area (Å²) in [5, 5.41) is 12.5. The largest absolute Gasteiger partial charge is 0.366 e. The Kier molecular flexibility index (Phi) is 3.98. The fourth-order valence-electron chi connectivity index (χ4n) is 1.63. The molecule has 0 aliphatic heterocycles. The van der Waals surface area contributed by atoms with Gasteiger partial charge in [-0.25, -0.2) is 8.78 Å². The van der Waals surface area contributed by atoms with Gasteiger partial charge in [-0.1, -0.05) is 17.7 Å². The summed E-state index contributed by atoms with van der Waals surface area (Å²) in [6.07, 6.45) is 0. The van der Waals surface area contributed by atoms with Crippen LogP contribution in [-0.2, 0) is 0 Å². The lowest BCUT2D eigenvalue weighted by Crippen LogP contribution is -2.10. The highest BCUT2D eigenvalue weighted by atomic mass is 35.5. The molecular formula is C14H9ClF2N2. The zero-order chi connectivity index (χ0) is 13.8. The average molecular weight is 279 g/mol. The van der Waals surface area contributed by atoms with E-state index in [1.807, 2.05) is 6.07 Å². The Morgan fingerprint density at radius 2 is 1.79 bits per heavy atom. The Balaban J connectivity index is 2.25. The molecule has 0 amide bonds. The molecule has 0 aromatic heterocycles. The third-order valence-electron chi connectivity index (χ3n) is 2.56. The van der Waals surface area contributed by atoms with Crippen molar-refractivity contribution in [1.82, 2.24) is 0 Å². The van der Waals surface area contributed by atoms with Gasteiger partial charge in [0.2, 0.25) is 0 Å². The molecule has 0 saturated carbocycles. The molecule has 0 aliphatic rings. The summed E-state index contributed by atoms with van der Waals surface area (Å²) in [6, 6.07) is 10.8. The van der Waals surface area contributed by atoms with Gasteiger partial charge in [0.05, 0.1) is 6.07 Å². The van der Waals surface area contributed by atoms with Crippen molar-refractivity contribution < 1.29 is 8.78 Å². The molecular weight excluding hydrogens is 270 g/mol. The van der Waals surface area contributed by atoms with E-state index in [-0.39, 0.29) is 5.56 Å². The molecule has 2 aromatic carbocycles. The van der Waals surface area contributed by atoms with Gasteiger partial charge < -0.3 is 5.32 Å². The minimum atomic E-state index is -0.901. The van der Waals surface area contributed by atoms with Gasteiger partial charge in [-0.05, 0) is 30.3 Å². The van der Waals surface area contributed by atoms with E-state index < -0.39 is 17.7 Å². The summed E-state index contributed by atoms with van der Waals surface area (Å²) in [6.45, 7) is 0. The number of hydrogen-bond acceptors (Lipinski definition) is 2. The third-order valence-corrected chi connectivity index (χ3v) is 2.81. The lowest BCUT2D eigenvalue weighted by atomic mass is 10.1. The van der Waals surface area contributed by atoms with E-state index in [4.69, 9.17) is 16.9 Å². The number of anilines is 1. The predicted octanol–water partition coefficient (Wildman–Crippen LogP) is 4.29. The molecule has 0 fully saturated rings. The fourth-order valence-corrected chi connectivity index (χ4v) is 1.75. The molecule has 0 heterocycles. The van der Waals surface area contributed by atoms with Crippen LogP contribution in [0.4, 0.5) is 14.5 Å². The molecule has 0 bridgehead atoms. The number of nitriles is 1. The fraction of sp³-hybridized carbons (Fsp3) is 0.0714. The zero-order valence-corrected chi connectivity index (χ0v) is 10.5. The second-order valence-corrected chi connectivity index (χ2v) is 4.32. The second-order valence-electron chi connectivity index (χ2n) is 3.88. The van der Waals surface area contributed by atoms with E-state index in [9.17, 15) is 8.78 Å². The lowest BCUT2D eigenvalue weighted by molar-refractivity contribution is 0.570. The zero-order valence-electron chi connectivity index (χ0n) is 9.70. The van der Waals surface area contributed by atoms with Crippen LogP contribution in [0.5, 0.6) is 0 Å². The molecule has 1 N–H and O–H groups in total. The Bertz CT molecular complexity index is 620. The minimum Gasteiger partial charge on any atom is -0.366 e. The number of nitrogens with zero attached hydrogens (tertiary/aromatic N) is 1. The maximum absolute atomic E-state index is 13.6. The van der Waals surface area contributed by atoms with Gasteiger partial charge >= 0.3 is 0 Å². The Morgan fingerprint density at radius 3 is 2.37 bits per heavy atom. The molecule has 2 aromatic rings. The summed E-state index contributed by atoms with van der Waals surface area (Å²) in [5.41, 5.74) is 0.721. The van der Waals surface area contributed by atoms with Gasteiger partial charge in [0.1, 0.15) is 17.7 Å². The van der Waals surface area contributed by atoms with Crippen LogP contribution in [0.1, 0.15) is 11.6 Å². The number of halogens is 3. The first-order valence-electron chi connectivity index (χ1n) is 5.47. The van der Waals surface area contributed by atoms with Crippen LogP contribution in [0.3, 0.4) is 0 Å². The van der Waals surface area contributed by atoms with Crippen LogP contribution in [0.25, 0.3) is 0 Å². The van der Waals surface area contributed by atoms with Gasteiger partial charge in [0.15, 0.2) is 0 Å². The molecule has 0 saturated heterocycles. The Morgan fingerprint density at radius 1 is 1.11 bits per heavy atom. The third kappa shape index (κ3) is 3.21. The van der Waals surface area contributed by atoms with Gasteiger partial charge in [0, 0.05) is 22.3 Å². The van der Waals surface area contributed by atoms with E-state index in [2.05, 4.69) is 5.32 Å². The van der Waals surface area contributed by atoms with Crippen molar-refractivity contribution in [3.63, 3.8) is 0 Å². The normalized spacial score (nSPS) is 11.7. The second kappa shape index (κ2) is 5.68. The average Bonchev–Trinajstić information content (AvgIpc) is 2.39. The van der Waals surface area contributed by atoms with Gasteiger partial charge in [-0.3, -0.25) is 0 Å². The summed E-state index contributed by atoms with van der Waals surface area (Å²) in [7, 11) is 0. The monoisotopic (exact) mass is 278 g/mol. The summed E-state index contributed by atoms with van der Waals surface area (Å²) < 4.78 is 26.4. The van der Waals surface area contributed by atoms with Crippen LogP contribution in [0.15, 0.2) is 42.5 Å². The molecule has 5 heteroatoms. The molecule has 0 spiro atoms. The van der Waals surface area contributed by atoms with E-state index in [1.54, 1.807) is 24.3 Å². The molecule has 1 atom stereocenters. The number of benzene rings is 2. The number of hydrogen-bond donors (Lipinski definition) is 1. The van der Waals surface area contributed by atoms with Crippen molar-refractivity contribution in [2.45, 2.75) is 6.04 Å². The van der Waals surface area contributed by atoms with Crippen molar-refractivity contribution in [3.8, 4) is 6.07 Å². The summed E-state index contributed by atoms with van der Waals surface area (Å²) in [5.74, 6) is -1.43. The molecule has 19 heavy (non-hydrogen) atoms. The Hall–Kier alpha value is -2.12. The first-order valence-corrected chi connectivity index (χ1v) is 5.84. The Labute approximate surface area is 114 Å². The highest BCUT2D eigenvalue weighted by Crippen LogP contribution is 2.23. The van der Waals surface area contributed by atoms with Crippen LogP contribution in [0.2, 0.25) is 5.02 Å². The van der Waals surface area contributed by atoms with Crippen LogP contribution < -0.4 is 5.32 Å². The van der Waals surface area contributed by atoms with Crippen LogP contribution in [-0.4, -0.2) is 0 Å². The molecule has 0 radical (unpaired) electrons. The van der Waals surface area contributed by atoms with E-state index in [1.165, 1.54) is 6.07 Å². The minimum absolute atomic E-state index is 0.0962. The summed E-state index contributed by atoms with van der Waals surface area (Å²) in [4.78, 5) is 0. The molecule has 96 valence electrons.